The van der Waals surface area contributed by atoms with Crippen LogP contribution >= 0.6 is 0 Å². The van der Waals surface area contributed by atoms with Gasteiger partial charge in [0.1, 0.15) is 5.75 Å². The Labute approximate surface area is 124 Å². The Morgan fingerprint density at radius 3 is 2.81 bits per heavy atom. The van der Waals surface area contributed by atoms with Crippen molar-refractivity contribution in [3.05, 3.63) is 29.8 Å². The van der Waals surface area contributed by atoms with Gasteiger partial charge in [-0.05, 0) is 31.7 Å². The molecule has 0 spiro atoms. The van der Waals surface area contributed by atoms with Gasteiger partial charge >= 0.3 is 6.61 Å². The minimum atomic E-state index is -2.80. The van der Waals surface area contributed by atoms with Crippen molar-refractivity contribution in [3.63, 3.8) is 0 Å². The van der Waals surface area contributed by atoms with Crippen LogP contribution in [0.2, 0.25) is 0 Å². The maximum atomic E-state index is 12.3. The smallest absolute Gasteiger partial charge is 0.387 e. The molecular formula is C15H23F2N3O. The highest BCUT2D eigenvalue weighted by atomic mass is 19.3. The van der Waals surface area contributed by atoms with Gasteiger partial charge in [-0.2, -0.15) is 8.78 Å². The van der Waals surface area contributed by atoms with Crippen LogP contribution in [0.1, 0.15) is 18.5 Å². The van der Waals surface area contributed by atoms with Gasteiger partial charge in [-0.25, -0.2) is 0 Å². The average Bonchev–Trinajstić information content (AvgIpc) is 2.46. The fourth-order valence-electron chi connectivity index (χ4n) is 2.89. The average molecular weight is 299 g/mol. The molecule has 0 amide bonds. The van der Waals surface area contributed by atoms with Gasteiger partial charge in [0, 0.05) is 38.3 Å². The zero-order valence-electron chi connectivity index (χ0n) is 12.5. The van der Waals surface area contributed by atoms with Crippen molar-refractivity contribution in [3.8, 4) is 5.75 Å². The summed E-state index contributed by atoms with van der Waals surface area (Å²) in [6, 6.07) is 7.31. The molecule has 2 N–H and O–H groups in total. The van der Waals surface area contributed by atoms with Crippen molar-refractivity contribution in [2.75, 3.05) is 33.2 Å². The summed E-state index contributed by atoms with van der Waals surface area (Å²) in [5, 5.41) is 0. The highest BCUT2D eigenvalue weighted by molar-refractivity contribution is 5.30. The van der Waals surface area contributed by atoms with Crippen LogP contribution in [-0.4, -0.2) is 55.7 Å². The maximum Gasteiger partial charge on any atom is 0.387 e. The Hall–Kier alpha value is -1.24. The van der Waals surface area contributed by atoms with Crippen molar-refractivity contribution in [1.82, 2.24) is 9.80 Å². The minimum absolute atomic E-state index is 0.119. The highest BCUT2D eigenvalue weighted by Gasteiger charge is 2.28. The number of benzene rings is 1. The minimum Gasteiger partial charge on any atom is -0.435 e. The van der Waals surface area contributed by atoms with E-state index in [0.717, 1.165) is 25.2 Å². The Morgan fingerprint density at radius 2 is 2.14 bits per heavy atom. The number of halogens is 2. The topological polar surface area (TPSA) is 41.7 Å². The van der Waals surface area contributed by atoms with Crippen LogP contribution < -0.4 is 10.5 Å². The Morgan fingerprint density at radius 1 is 1.38 bits per heavy atom. The first-order valence-electron chi connectivity index (χ1n) is 7.20. The van der Waals surface area contributed by atoms with E-state index in [-0.39, 0.29) is 17.8 Å². The molecule has 1 aliphatic rings. The van der Waals surface area contributed by atoms with Crippen LogP contribution in [0.5, 0.6) is 5.75 Å². The molecule has 21 heavy (non-hydrogen) atoms. The van der Waals surface area contributed by atoms with E-state index in [9.17, 15) is 8.78 Å². The second kappa shape index (κ2) is 7.15. The number of ether oxygens (including phenoxy) is 1. The first-order valence-corrected chi connectivity index (χ1v) is 7.20. The lowest BCUT2D eigenvalue weighted by Gasteiger charge is -2.43. The van der Waals surface area contributed by atoms with E-state index in [1.165, 1.54) is 0 Å². The molecule has 0 aliphatic carbocycles. The molecule has 2 unspecified atom stereocenters. The van der Waals surface area contributed by atoms with Crippen molar-refractivity contribution in [2.45, 2.75) is 25.6 Å². The van der Waals surface area contributed by atoms with E-state index in [2.05, 4.69) is 28.5 Å². The molecule has 2 rings (SSSR count). The zero-order valence-corrected chi connectivity index (χ0v) is 12.5. The summed E-state index contributed by atoms with van der Waals surface area (Å²) in [5.41, 5.74) is 6.84. The van der Waals surface area contributed by atoms with Crippen molar-refractivity contribution >= 4 is 0 Å². The molecule has 1 heterocycles. The molecule has 118 valence electrons. The molecule has 0 aromatic heterocycles. The van der Waals surface area contributed by atoms with Gasteiger partial charge in [-0.3, -0.25) is 4.90 Å². The number of likely N-dealkylation sites (N-methyl/N-ethyl adjacent to an activating group) is 1. The number of hydrogen-bond donors (Lipinski definition) is 1. The van der Waals surface area contributed by atoms with Gasteiger partial charge in [-0.1, -0.05) is 12.1 Å². The fraction of sp³-hybridized carbons (Fsp3) is 0.600. The zero-order chi connectivity index (χ0) is 15.4. The van der Waals surface area contributed by atoms with Crippen LogP contribution in [0.3, 0.4) is 0 Å². The first-order chi connectivity index (χ1) is 10.0. The standard InChI is InChI=1S/C15H23F2N3O/c1-11(20-7-6-19(2)10-13(20)9-18)12-4-3-5-14(8-12)21-15(16)17/h3-5,8,11,13,15H,6-7,9-10,18H2,1-2H3. The number of nitrogens with zero attached hydrogens (tertiary/aromatic N) is 2. The third kappa shape index (κ3) is 4.12. The van der Waals surface area contributed by atoms with Crippen molar-refractivity contribution in [2.24, 2.45) is 5.73 Å². The molecular weight excluding hydrogens is 276 g/mol. The number of nitrogens with two attached hydrogens (primary N) is 1. The predicted octanol–water partition coefficient (Wildman–Crippen LogP) is 1.92. The monoisotopic (exact) mass is 299 g/mol. The van der Waals surface area contributed by atoms with Gasteiger partial charge in [0.25, 0.3) is 0 Å². The number of alkyl halides is 2. The summed E-state index contributed by atoms with van der Waals surface area (Å²) < 4.78 is 29.1. The molecule has 6 heteroatoms. The highest BCUT2D eigenvalue weighted by Crippen LogP contribution is 2.27. The van der Waals surface area contributed by atoms with Gasteiger partial charge in [-0.15, -0.1) is 0 Å². The summed E-state index contributed by atoms with van der Waals surface area (Å²) in [4.78, 5) is 4.60. The summed E-state index contributed by atoms with van der Waals surface area (Å²) in [6.45, 7) is 2.69. The van der Waals surface area contributed by atoms with Crippen LogP contribution in [0, 0.1) is 0 Å². The van der Waals surface area contributed by atoms with Crippen molar-refractivity contribution < 1.29 is 13.5 Å². The molecule has 1 aliphatic heterocycles. The number of rotatable bonds is 5. The maximum absolute atomic E-state index is 12.3. The predicted molar refractivity (Wildman–Crippen MR) is 78.5 cm³/mol. The normalized spacial score (nSPS) is 22.5. The van der Waals surface area contributed by atoms with Gasteiger partial charge in [0.15, 0.2) is 0 Å². The second-order valence-electron chi connectivity index (χ2n) is 5.52. The summed E-state index contributed by atoms with van der Waals surface area (Å²) in [6.07, 6.45) is 0. The molecule has 0 saturated carbocycles. The van der Waals surface area contributed by atoms with E-state index < -0.39 is 6.61 Å². The lowest BCUT2D eigenvalue weighted by molar-refractivity contribution is -0.0499. The Bertz CT molecular complexity index is 458. The van der Waals surface area contributed by atoms with Crippen LogP contribution in [0.25, 0.3) is 0 Å². The lowest BCUT2D eigenvalue weighted by atomic mass is 10.0. The van der Waals surface area contributed by atoms with Gasteiger partial charge in [0.2, 0.25) is 0 Å². The summed E-state index contributed by atoms with van der Waals surface area (Å²) >= 11 is 0. The third-order valence-corrected chi connectivity index (χ3v) is 4.07. The quantitative estimate of drug-likeness (QED) is 0.902. The van der Waals surface area contributed by atoms with E-state index in [1.54, 1.807) is 18.2 Å². The molecule has 1 aromatic carbocycles. The summed E-state index contributed by atoms with van der Waals surface area (Å²) in [7, 11) is 2.09. The molecule has 0 bridgehead atoms. The van der Waals surface area contributed by atoms with Crippen LogP contribution in [0.4, 0.5) is 8.78 Å². The molecule has 1 saturated heterocycles. The molecule has 1 fully saturated rings. The van der Waals surface area contributed by atoms with E-state index in [0.29, 0.717) is 6.54 Å². The summed E-state index contributed by atoms with van der Waals surface area (Å²) in [5.74, 6) is 0.202. The van der Waals surface area contributed by atoms with E-state index in [1.807, 2.05) is 6.07 Å². The molecule has 2 atom stereocenters. The Kier molecular flexibility index (Phi) is 5.50. The van der Waals surface area contributed by atoms with Gasteiger partial charge < -0.3 is 15.4 Å². The third-order valence-electron chi connectivity index (χ3n) is 4.07. The fourth-order valence-corrected chi connectivity index (χ4v) is 2.89. The first kappa shape index (κ1) is 16.1. The largest absolute Gasteiger partial charge is 0.435 e. The van der Waals surface area contributed by atoms with Crippen molar-refractivity contribution in [1.29, 1.82) is 0 Å². The number of hydrogen-bond acceptors (Lipinski definition) is 4. The van der Waals surface area contributed by atoms with E-state index >= 15 is 0 Å². The molecule has 0 radical (unpaired) electrons. The van der Waals surface area contributed by atoms with Gasteiger partial charge in [0.05, 0.1) is 0 Å². The van der Waals surface area contributed by atoms with Crippen LogP contribution in [0.15, 0.2) is 24.3 Å². The second-order valence-corrected chi connectivity index (χ2v) is 5.52. The lowest BCUT2D eigenvalue weighted by Crippen LogP contribution is -2.55. The molecule has 1 aromatic rings. The number of piperazine rings is 1. The van der Waals surface area contributed by atoms with E-state index in [4.69, 9.17) is 5.73 Å². The SMILES string of the molecule is CC(c1cccc(OC(F)F)c1)N1CCN(C)CC1CN. The Balaban J connectivity index is 2.13. The molecule has 4 nitrogen and oxygen atoms in total. The van der Waals surface area contributed by atoms with Crippen LogP contribution in [-0.2, 0) is 0 Å².